The molecule has 0 radical (unpaired) electrons. The van der Waals surface area contributed by atoms with E-state index in [1.54, 1.807) is 0 Å². The number of nitrogens with zero attached hydrogens (tertiary/aromatic N) is 2. The van der Waals surface area contributed by atoms with Crippen LogP contribution in [-0.4, -0.2) is 15.9 Å². The summed E-state index contributed by atoms with van der Waals surface area (Å²) in [7, 11) is 0. The highest BCUT2D eigenvalue weighted by Crippen LogP contribution is 1.84. The average molecular weight is 183 g/mol. The molecule has 1 aromatic rings. The van der Waals surface area contributed by atoms with Crippen molar-refractivity contribution in [2.24, 2.45) is 5.73 Å². The largest absolute Gasteiger partial charge is 0.364 e. The van der Waals surface area contributed by atoms with Gasteiger partial charge in [-0.15, -0.1) is 0 Å². The van der Waals surface area contributed by atoms with E-state index in [0.717, 1.165) is 0 Å². The van der Waals surface area contributed by atoms with Crippen LogP contribution in [-0.2, 0) is 0 Å². The van der Waals surface area contributed by atoms with Gasteiger partial charge in [-0.25, -0.2) is 4.98 Å². The van der Waals surface area contributed by atoms with Crippen LogP contribution < -0.4 is 5.73 Å². The molecule has 74 valence electrons. The van der Waals surface area contributed by atoms with Gasteiger partial charge in [0.2, 0.25) is 0 Å². The molecule has 1 rings (SSSR count). The molecule has 4 nitrogen and oxygen atoms in total. The Bertz CT molecular complexity index is 211. The van der Waals surface area contributed by atoms with Gasteiger partial charge in [0.1, 0.15) is 5.69 Å². The van der Waals surface area contributed by atoms with Crippen LogP contribution in [0.4, 0.5) is 0 Å². The van der Waals surface area contributed by atoms with E-state index < -0.39 is 5.91 Å². The van der Waals surface area contributed by atoms with Crippen LogP contribution in [0, 0.1) is 0 Å². The summed E-state index contributed by atoms with van der Waals surface area (Å²) in [5, 5.41) is 0. The second-order valence-corrected chi connectivity index (χ2v) is 1.45. The van der Waals surface area contributed by atoms with E-state index in [1.807, 2.05) is 27.7 Å². The number of amides is 1. The van der Waals surface area contributed by atoms with E-state index >= 15 is 0 Å². The molecule has 0 bridgehead atoms. The molecule has 0 atom stereocenters. The van der Waals surface area contributed by atoms with Crippen LogP contribution in [0.25, 0.3) is 0 Å². The minimum atomic E-state index is -0.553. The van der Waals surface area contributed by atoms with Crippen molar-refractivity contribution in [2.45, 2.75) is 27.7 Å². The summed E-state index contributed by atoms with van der Waals surface area (Å²) < 4.78 is 0. The van der Waals surface area contributed by atoms with Crippen LogP contribution in [0.15, 0.2) is 18.6 Å². The van der Waals surface area contributed by atoms with E-state index in [-0.39, 0.29) is 5.69 Å². The Balaban J connectivity index is 0. The molecule has 1 amide bonds. The number of rotatable bonds is 1. The summed E-state index contributed by atoms with van der Waals surface area (Å²) in [4.78, 5) is 17.6. The summed E-state index contributed by atoms with van der Waals surface area (Å²) in [6.07, 6.45) is 4.22. The standard InChI is InChI=1S/C5H5N3O.2C2H6/c6-5(9)4-3-7-1-2-8-4;2*1-2/h1-3H,(H2,6,9);2*1-2H3. The monoisotopic (exact) mass is 183 g/mol. The number of primary amides is 1. The Morgan fingerprint density at radius 2 is 1.77 bits per heavy atom. The molecule has 0 unspecified atom stereocenters. The zero-order valence-corrected chi connectivity index (χ0v) is 8.61. The van der Waals surface area contributed by atoms with Gasteiger partial charge >= 0.3 is 0 Å². The molecular formula is C9H17N3O. The molecule has 0 aromatic carbocycles. The maximum atomic E-state index is 10.3. The molecule has 0 fully saturated rings. The molecule has 0 spiro atoms. The lowest BCUT2D eigenvalue weighted by Crippen LogP contribution is -2.12. The third-order valence-corrected chi connectivity index (χ3v) is 0.816. The topological polar surface area (TPSA) is 68.9 Å². The van der Waals surface area contributed by atoms with Crippen LogP contribution in [0.1, 0.15) is 38.2 Å². The van der Waals surface area contributed by atoms with E-state index in [4.69, 9.17) is 5.73 Å². The molecule has 2 N–H and O–H groups in total. The van der Waals surface area contributed by atoms with Gasteiger partial charge < -0.3 is 5.73 Å². The van der Waals surface area contributed by atoms with Crippen LogP contribution in [0.5, 0.6) is 0 Å². The van der Waals surface area contributed by atoms with Crippen LogP contribution in [0.3, 0.4) is 0 Å². The minimum absolute atomic E-state index is 0.192. The summed E-state index contributed by atoms with van der Waals surface area (Å²) in [5.41, 5.74) is 5.06. The predicted molar refractivity (Wildman–Crippen MR) is 53.2 cm³/mol. The highest BCUT2D eigenvalue weighted by atomic mass is 16.1. The highest BCUT2D eigenvalue weighted by Gasteiger charge is 1.97. The first-order valence-corrected chi connectivity index (χ1v) is 4.36. The molecule has 13 heavy (non-hydrogen) atoms. The van der Waals surface area contributed by atoms with Gasteiger partial charge in [0.15, 0.2) is 0 Å². The molecule has 4 heteroatoms. The smallest absolute Gasteiger partial charge is 0.268 e. The summed E-state index contributed by atoms with van der Waals surface area (Å²) in [6, 6.07) is 0. The Morgan fingerprint density at radius 1 is 1.23 bits per heavy atom. The quantitative estimate of drug-likeness (QED) is 0.719. The zero-order chi connectivity index (χ0) is 10.7. The van der Waals surface area contributed by atoms with E-state index in [1.165, 1.54) is 18.6 Å². The first-order valence-electron chi connectivity index (χ1n) is 4.36. The fraction of sp³-hybridized carbons (Fsp3) is 0.444. The molecule has 0 saturated heterocycles. The third-order valence-electron chi connectivity index (χ3n) is 0.816. The Labute approximate surface area is 79.2 Å². The lowest BCUT2D eigenvalue weighted by atomic mass is 10.4. The third kappa shape index (κ3) is 6.93. The van der Waals surface area contributed by atoms with Crippen molar-refractivity contribution in [2.75, 3.05) is 0 Å². The normalized spacial score (nSPS) is 7.08. The number of nitrogens with two attached hydrogens (primary N) is 1. The maximum absolute atomic E-state index is 10.3. The average Bonchev–Trinajstić information content (AvgIpc) is 2.25. The van der Waals surface area contributed by atoms with Crippen LogP contribution >= 0.6 is 0 Å². The Morgan fingerprint density at radius 3 is 2.00 bits per heavy atom. The fourth-order valence-corrected chi connectivity index (χ4v) is 0.426. The Kier molecular flexibility index (Phi) is 11.4. The van der Waals surface area contributed by atoms with E-state index in [2.05, 4.69) is 9.97 Å². The first kappa shape index (κ1) is 14.1. The van der Waals surface area contributed by atoms with Crippen molar-refractivity contribution in [1.29, 1.82) is 0 Å². The lowest BCUT2D eigenvalue weighted by molar-refractivity contribution is 0.0995. The van der Waals surface area contributed by atoms with Crippen molar-refractivity contribution < 1.29 is 4.79 Å². The molecule has 0 aliphatic carbocycles. The molecule has 0 aliphatic rings. The second-order valence-electron chi connectivity index (χ2n) is 1.45. The number of carbonyl (C=O) groups is 1. The van der Waals surface area contributed by atoms with Gasteiger partial charge in [-0.1, -0.05) is 27.7 Å². The predicted octanol–water partition coefficient (Wildman–Crippen LogP) is 1.63. The molecule has 0 saturated carbocycles. The number of hydrogen-bond acceptors (Lipinski definition) is 3. The number of hydrogen-bond donors (Lipinski definition) is 1. The number of carbonyl (C=O) groups excluding carboxylic acids is 1. The Hall–Kier alpha value is -1.45. The fourth-order valence-electron chi connectivity index (χ4n) is 0.426. The first-order chi connectivity index (χ1) is 6.30. The van der Waals surface area contributed by atoms with Gasteiger partial charge in [0.25, 0.3) is 5.91 Å². The van der Waals surface area contributed by atoms with Gasteiger partial charge in [-0.05, 0) is 0 Å². The van der Waals surface area contributed by atoms with Gasteiger partial charge in [-0.2, -0.15) is 0 Å². The molecular weight excluding hydrogens is 166 g/mol. The SMILES string of the molecule is CC.CC.NC(=O)c1cnccn1. The summed E-state index contributed by atoms with van der Waals surface area (Å²) in [6.45, 7) is 8.00. The van der Waals surface area contributed by atoms with Gasteiger partial charge in [0, 0.05) is 12.4 Å². The number of aromatic nitrogens is 2. The minimum Gasteiger partial charge on any atom is -0.364 e. The second kappa shape index (κ2) is 10.6. The summed E-state index contributed by atoms with van der Waals surface area (Å²) in [5.74, 6) is -0.553. The zero-order valence-electron chi connectivity index (χ0n) is 8.61. The van der Waals surface area contributed by atoms with Crippen LogP contribution in [0.2, 0.25) is 0 Å². The lowest BCUT2D eigenvalue weighted by Gasteiger charge is -1.87. The maximum Gasteiger partial charge on any atom is 0.268 e. The summed E-state index contributed by atoms with van der Waals surface area (Å²) >= 11 is 0. The van der Waals surface area contributed by atoms with E-state index in [0.29, 0.717) is 0 Å². The van der Waals surface area contributed by atoms with E-state index in [9.17, 15) is 4.79 Å². The highest BCUT2D eigenvalue weighted by molar-refractivity contribution is 5.90. The molecule has 0 aliphatic heterocycles. The van der Waals surface area contributed by atoms with Gasteiger partial charge in [0.05, 0.1) is 6.20 Å². The van der Waals surface area contributed by atoms with Gasteiger partial charge in [-0.3, -0.25) is 9.78 Å². The van der Waals surface area contributed by atoms with Crippen molar-refractivity contribution in [3.8, 4) is 0 Å². The molecule has 1 aromatic heterocycles. The molecule has 1 heterocycles. The van der Waals surface area contributed by atoms with Crippen molar-refractivity contribution in [1.82, 2.24) is 9.97 Å². The van der Waals surface area contributed by atoms with Crippen molar-refractivity contribution >= 4 is 5.91 Å². The van der Waals surface area contributed by atoms with Crippen molar-refractivity contribution in [3.63, 3.8) is 0 Å². The van der Waals surface area contributed by atoms with Crippen molar-refractivity contribution in [3.05, 3.63) is 24.3 Å².